The van der Waals surface area contributed by atoms with E-state index in [-0.39, 0.29) is 23.7 Å². The summed E-state index contributed by atoms with van der Waals surface area (Å²) in [7, 11) is 1.67. The van der Waals surface area contributed by atoms with Gasteiger partial charge in [-0.25, -0.2) is 0 Å². The Kier molecular flexibility index (Phi) is 5.93. The van der Waals surface area contributed by atoms with Crippen LogP contribution < -0.4 is 15.4 Å². The van der Waals surface area contributed by atoms with Crippen LogP contribution in [0.4, 0.5) is 5.69 Å². The van der Waals surface area contributed by atoms with Crippen molar-refractivity contribution in [2.24, 2.45) is 11.1 Å². The third-order valence-electron chi connectivity index (χ3n) is 5.36. The van der Waals surface area contributed by atoms with E-state index in [0.29, 0.717) is 13.0 Å². The molecule has 1 aromatic carbocycles. The minimum absolute atomic E-state index is 0. The monoisotopic (exact) mass is 338 g/mol. The zero-order chi connectivity index (χ0) is 15.6. The summed E-state index contributed by atoms with van der Waals surface area (Å²) in [5, 5.41) is 0. The molecule has 0 aromatic heterocycles. The highest BCUT2D eigenvalue weighted by Gasteiger charge is 2.36. The normalized spacial score (nSPS) is 19.0. The van der Waals surface area contributed by atoms with E-state index < -0.39 is 0 Å². The Morgan fingerprint density at radius 1 is 1.30 bits per heavy atom. The maximum absolute atomic E-state index is 12.8. The number of hydrogen-bond donors (Lipinski definition) is 1. The summed E-state index contributed by atoms with van der Waals surface area (Å²) in [5.74, 6) is 1.09. The van der Waals surface area contributed by atoms with Gasteiger partial charge in [-0.1, -0.05) is 19.3 Å². The molecule has 1 saturated carbocycles. The SMILES string of the molecule is COc1ccc2c(c1)CCN2C(=O)CC1(CN)CCCCC1.Cl. The summed E-state index contributed by atoms with van der Waals surface area (Å²) in [4.78, 5) is 14.8. The molecular formula is C18H27ClN2O2. The van der Waals surface area contributed by atoms with Crippen LogP contribution in [0.1, 0.15) is 44.1 Å². The smallest absolute Gasteiger partial charge is 0.227 e. The number of benzene rings is 1. The van der Waals surface area contributed by atoms with E-state index in [2.05, 4.69) is 0 Å². The second-order valence-electron chi connectivity index (χ2n) is 6.73. The maximum atomic E-state index is 12.8. The molecule has 1 aliphatic heterocycles. The number of hydrogen-bond acceptors (Lipinski definition) is 3. The number of nitrogens with zero attached hydrogens (tertiary/aromatic N) is 1. The van der Waals surface area contributed by atoms with E-state index in [1.807, 2.05) is 23.1 Å². The van der Waals surface area contributed by atoms with Gasteiger partial charge in [0.05, 0.1) is 7.11 Å². The zero-order valence-corrected chi connectivity index (χ0v) is 14.7. The summed E-state index contributed by atoms with van der Waals surface area (Å²) in [6.45, 7) is 1.41. The molecule has 23 heavy (non-hydrogen) atoms. The number of nitrogens with two attached hydrogens (primary N) is 1. The topological polar surface area (TPSA) is 55.6 Å². The molecule has 0 atom stereocenters. The molecule has 1 fully saturated rings. The predicted molar refractivity (Wildman–Crippen MR) is 95.5 cm³/mol. The lowest BCUT2D eigenvalue weighted by atomic mass is 9.71. The van der Waals surface area contributed by atoms with Crippen molar-refractivity contribution >= 4 is 24.0 Å². The van der Waals surface area contributed by atoms with Gasteiger partial charge in [0.1, 0.15) is 5.75 Å². The highest BCUT2D eigenvalue weighted by Crippen LogP contribution is 2.40. The number of halogens is 1. The van der Waals surface area contributed by atoms with Crippen molar-refractivity contribution in [2.45, 2.75) is 44.9 Å². The standard InChI is InChI=1S/C18H26N2O2.ClH/c1-22-15-5-6-16-14(11-15)7-10-20(16)17(21)12-18(13-19)8-3-2-4-9-18;/h5-6,11H,2-4,7-10,12-13,19H2,1H3;1H. The van der Waals surface area contributed by atoms with Crippen LogP contribution in [0.15, 0.2) is 18.2 Å². The van der Waals surface area contributed by atoms with Gasteiger partial charge in [-0.15, -0.1) is 12.4 Å². The summed E-state index contributed by atoms with van der Waals surface area (Å²) in [6.07, 6.45) is 7.39. The van der Waals surface area contributed by atoms with E-state index in [1.54, 1.807) is 7.11 Å². The van der Waals surface area contributed by atoms with Crippen LogP contribution in [0.2, 0.25) is 0 Å². The molecule has 0 unspecified atom stereocenters. The fraction of sp³-hybridized carbons (Fsp3) is 0.611. The highest BCUT2D eigenvalue weighted by atomic mass is 35.5. The van der Waals surface area contributed by atoms with Crippen LogP contribution in [0, 0.1) is 5.41 Å². The molecule has 4 nitrogen and oxygen atoms in total. The van der Waals surface area contributed by atoms with Crippen molar-refractivity contribution < 1.29 is 9.53 Å². The first-order valence-electron chi connectivity index (χ1n) is 8.35. The number of carbonyl (C=O) groups is 1. The third-order valence-corrected chi connectivity index (χ3v) is 5.36. The Labute approximate surface area is 144 Å². The average Bonchev–Trinajstić information content (AvgIpc) is 2.98. The van der Waals surface area contributed by atoms with Crippen molar-refractivity contribution in [1.82, 2.24) is 0 Å². The minimum atomic E-state index is 0. The molecule has 1 aliphatic carbocycles. The van der Waals surface area contributed by atoms with E-state index in [0.717, 1.165) is 37.2 Å². The molecule has 128 valence electrons. The van der Waals surface area contributed by atoms with Gasteiger partial charge >= 0.3 is 0 Å². The number of ether oxygens (including phenoxy) is 1. The first-order valence-corrected chi connectivity index (χ1v) is 8.35. The second kappa shape index (κ2) is 7.54. The maximum Gasteiger partial charge on any atom is 0.227 e. The Morgan fingerprint density at radius 3 is 2.70 bits per heavy atom. The Morgan fingerprint density at radius 2 is 2.04 bits per heavy atom. The lowest BCUT2D eigenvalue weighted by Crippen LogP contribution is -2.40. The van der Waals surface area contributed by atoms with Crippen LogP contribution in [0.5, 0.6) is 5.75 Å². The Hall–Kier alpha value is -1.26. The second-order valence-corrected chi connectivity index (χ2v) is 6.73. The molecule has 1 heterocycles. The largest absolute Gasteiger partial charge is 0.497 e. The lowest BCUT2D eigenvalue weighted by Gasteiger charge is -2.36. The molecule has 3 rings (SSSR count). The van der Waals surface area contributed by atoms with Gasteiger partial charge < -0.3 is 15.4 Å². The van der Waals surface area contributed by atoms with Crippen molar-refractivity contribution in [3.05, 3.63) is 23.8 Å². The molecule has 2 N–H and O–H groups in total. The third kappa shape index (κ3) is 3.64. The van der Waals surface area contributed by atoms with E-state index >= 15 is 0 Å². The highest BCUT2D eigenvalue weighted by molar-refractivity contribution is 5.96. The zero-order valence-electron chi connectivity index (χ0n) is 13.8. The van der Waals surface area contributed by atoms with Crippen LogP contribution in [0.25, 0.3) is 0 Å². The number of amides is 1. The van der Waals surface area contributed by atoms with Gasteiger partial charge in [-0.05, 0) is 55.0 Å². The van der Waals surface area contributed by atoms with Crippen molar-refractivity contribution in [3.63, 3.8) is 0 Å². The van der Waals surface area contributed by atoms with Gasteiger partial charge in [0.25, 0.3) is 0 Å². The first-order chi connectivity index (χ1) is 10.7. The number of anilines is 1. The van der Waals surface area contributed by atoms with Gasteiger partial charge in [0.2, 0.25) is 5.91 Å². The van der Waals surface area contributed by atoms with Gasteiger partial charge in [-0.3, -0.25) is 4.79 Å². The fourth-order valence-electron chi connectivity index (χ4n) is 3.94. The molecule has 1 amide bonds. The van der Waals surface area contributed by atoms with Gasteiger partial charge in [0, 0.05) is 18.7 Å². The van der Waals surface area contributed by atoms with Gasteiger partial charge in [-0.2, -0.15) is 0 Å². The number of fused-ring (bicyclic) bond motifs is 1. The summed E-state index contributed by atoms with van der Waals surface area (Å²) >= 11 is 0. The van der Waals surface area contributed by atoms with Crippen LogP contribution in [0.3, 0.4) is 0 Å². The van der Waals surface area contributed by atoms with Gasteiger partial charge in [0.15, 0.2) is 0 Å². The lowest BCUT2D eigenvalue weighted by molar-refractivity contribution is -0.121. The fourth-order valence-corrected chi connectivity index (χ4v) is 3.94. The van der Waals surface area contributed by atoms with E-state index in [9.17, 15) is 4.79 Å². The van der Waals surface area contributed by atoms with Crippen molar-refractivity contribution in [1.29, 1.82) is 0 Å². The van der Waals surface area contributed by atoms with E-state index in [1.165, 1.54) is 24.8 Å². The molecule has 2 aliphatic rings. The molecule has 5 heteroatoms. The van der Waals surface area contributed by atoms with Crippen LogP contribution in [-0.4, -0.2) is 26.1 Å². The number of carbonyl (C=O) groups excluding carboxylic acids is 1. The summed E-state index contributed by atoms with van der Waals surface area (Å²) in [5.41, 5.74) is 8.32. The molecule has 0 spiro atoms. The summed E-state index contributed by atoms with van der Waals surface area (Å²) < 4.78 is 5.27. The van der Waals surface area contributed by atoms with Crippen LogP contribution >= 0.6 is 12.4 Å². The molecule has 0 bridgehead atoms. The van der Waals surface area contributed by atoms with Crippen molar-refractivity contribution in [3.8, 4) is 5.75 Å². The number of rotatable bonds is 4. The first kappa shape index (κ1) is 18.1. The summed E-state index contributed by atoms with van der Waals surface area (Å²) in [6, 6.07) is 5.99. The van der Waals surface area contributed by atoms with Crippen LogP contribution in [-0.2, 0) is 11.2 Å². The molecule has 0 radical (unpaired) electrons. The Balaban J connectivity index is 0.00000192. The average molecular weight is 339 g/mol. The Bertz CT molecular complexity index is 556. The molecule has 1 aromatic rings. The minimum Gasteiger partial charge on any atom is -0.497 e. The quantitative estimate of drug-likeness (QED) is 0.916. The predicted octanol–water partition coefficient (Wildman–Crippen LogP) is 3.31. The van der Waals surface area contributed by atoms with Crippen molar-refractivity contribution in [2.75, 3.05) is 25.1 Å². The molecular weight excluding hydrogens is 312 g/mol. The number of methoxy groups -OCH3 is 1. The molecule has 0 saturated heterocycles. The van der Waals surface area contributed by atoms with E-state index in [4.69, 9.17) is 10.5 Å².